The summed E-state index contributed by atoms with van der Waals surface area (Å²) in [6, 6.07) is 23.6. The number of hydrogen-bond donors (Lipinski definition) is 4. The number of aryl methyl sites for hydroxylation is 1. The fraction of sp³-hybridized carbons (Fsp3) is 0.154. The number of H-pyrrole nitrogens is 1. The van der Waals surface area contributed by atoms with E-state index < -0.39 is 0 Å². The number of nitrogens with zero attached hydrogens (tertiary/aromatic N) is 4. The van der Waals surface area contributed by atoms with Crippen LogP contribution in [0.2, 0.25) is 0 Å². The van der Waals surface area contributed by atoms with Gasteiger partial charge in [-0.1, -0.05) is 30.3 Å². The van der Waals surface area contributed by atoms with Gasteiger partial charge >= 0.3 is 0 Å². The van der Waals surface area contributed by atoms with Gasteiger partial charge in [0.05, 0.1) is 6.54 Å². The molecule has 0 aliphatic heterocycles. The molecule has 9 nitrogen and oxygen atoms in total. The quantitative estimate of drug-likeness (QED) is 0.228. The number of anilines is 3. The molecule has 0 saturated carbocycles. The summed E-state index contributed by atoms with van der Waals surface area (Å²) in [5, 5.41) is 21.8. The number of rotatable bonds is 9. The Hall–Kier alpha value is -4.15. The van der Waals surface area contributed by atoms with Crippen LogP contribution in [0.5, 0.6) is 0 Å². The van der Waals surface area contributed by atoms with Gasteiger partial charge in [-0.05, 0) is 67.6 Å². The second-order valence-electron chi connectivity index (χ2n) is 8.33. The average Bonchev–Trinajstić information content (AvgIpc) is 3.53. The van der Waals surface area contributed by atoms with Crippen LogP contribution < -0.4 is 16.0 Å². The van der Waals surface area contributed by atoms with Crippen LogP contribution in [0, 0.1) is 6.92 Å². The summed E-state index contributed by atoms with van der Waals surface area (Å²) in [5.74, 6) is 1.27. The number of benzene rings is 2. The molecule has 36 heavy (non-hydrogen) atoms. The molecule has 0 aliphatic rings. The first kappa shape index (κ1) is 23.6. The van der Waals surface area contributed by atoms with Crippen molar-refractivity contribution in [2.45, 2.75) is 29.9 Å². The predicted molar refractivity (Wildman–Crippen MR) is 142 cm³/mol. The monoisotopic (exact) mass is 498 g/mol. The van der Waals surface area contributed by atoms with Gasteiger partial charge in [0.25, 0.3) is 0 Å². The lowest BCUT2D eigenvalue weighted by molar-refractivity contribution is -0.115. The highest BCUT2D eigenvalue weighted by atomic mass is 32.2. The van der Waals surface area contributed by atoms with Crippen molar-refractivity contribution in [3.8, 4) is 0 Å². The molecule has 4 N–H and O–H groups in total. The van der Waals surface area contributed by atoms with Crippen molar-refractivity contribution in [2.24, 2.45) is 0 Å². The number of aromatic amines is 1. The van der Waals surface area contributed by atoms with E-state index in [1.54, 1.807) is 4.52 Å². The van der Waals surface area contributed by atoms with Crippen LogP contribution in [0.3, 0.4) is 0 Å². The largest absolute Gasteiger partial charge is 0.325 e. The average molecular weight is 499 g/mol. The van der Waals surface area contributed by atoms with Crippen LogP contribution in [0.15, 0.2) is 89.0 Å². The Morgan fingerprint density at radius 1 is 1.08 bits per heavy atom. The van der Waals surface area contributed by atoms with Crippen LogP contribution in [-0.4, -0.2) is 37.2 Å². The topological polar surface area (TPSA) is 112 Å². The summed E-state index contributed by atoms with van der Waals surface area (Å²) in [4.78, 5) is 18.0. The van der Waals surface area contributed by atoms with Crippen molar-refractivity contribution in [3.63, 3.8) is 0 Å². The molecule has 0 bridgehead atoms. The highest BCUT2D eigenvalue weighted by Gasteiger charge is 2.12. The SMILES string of the molecule is Cc1cc(Nc2nc(Sc3ccc(NC(=O)CNC(C)c4ccccc4)cc3)nn3cccc23)n[nH]1. The molecule has 0 radical (unpaired) electrons. The molecule has 5 aromatic rings. The molecule has 0 fully saturated rings. The minimum atomic E-state index is -0.0936. The molecular weight excluding hydrogens is 472 g/mol. The molecule has 1 amide bonds. The fourth-order valence-electron chi connectivity index (χ4n) is 3.68. The third-order valence-electron chi connectivity index (χ3n) is 5.54. The van der Waals surface area contributed by atoms with E-state index in [0.29, 0.717) is 16.8 Å². The van der Waals surface area contributed by atoms with E-state index in [9.17, 15) is 4.79 Å². The van der Waals surface area contributed by atoms with E-state index in [1.165, 1.54) is 11.8 Å². The molecule has 1 unspecified atom stereocenters. The first-order valence-electron chi connectivity index (χ1n) is 11.5. The molecule has 1 atom stereocenters. The Labute approximate surface area is 212 Å². The van der Waals surface area contributed by atoms with Crippen LogP contribution in [-0.2, 0) is 4.79 Å². The standard InChI is InChI=1S/C26H26N8OS/c1-17-15-23(32-31-17)29-25-22-9-6-14-34(22)33-26(30-25)36-21-12-10-20(11-13-21)28-24(35)16-27-18(2)19-7-4-3-5-8-19/h3-15,18,27H,16H2,1-2H3,(H,28,35)(H2,29,30,31,32,33). The maximum atomic E-state index is 12.4. The van der Waals surface area contributed by atoms with E-state index in [4.69, 9.17) is 4.98 Å². The molecule has 5 rings (SSSR count). The number of aromatic nitrogens is 5. The number of fused-ring (bicyclic) bond motifs is 1. The first-order chi connectivity index (χ1) is 17.5. The number of hydrogen-bond acceptors (Lipinski definition) is 7. The van der Waals surface area contributed by atoms with Gasteiger partial charge in [-0.3, -0.25) is 9.89 Å². The van der Waals surface area contributed by atoms with Crippen molar-refractivity contribution < 1.29 is 4.79 Å². The normalized spacial score (nSPS) is 11.9. The minimum Gasteiger partial charge on any atom is -0.325 e. The van der Waals surface area contributed by atoms with Crippen molar-refractivity contribution in [3.05, 3.63) is 90.3 Å². The minimum absolute atomic E-state index is 0.0878. The smallest absolute Gasteiger partial charge is 0.238 e. The maximum Gasteiger partial charge on any atom is 0.238 e. The lowest BCUT2D eigenvalue weighted by Crippen LogP contribution is -2.30. The summed E-state index contributed by atoms with van der Waals surface area (Å²) in [6.45, 7) is 4.21. The van der Waals surface area contributed by atoms with E-state index in [-0.39, 0.29) is 18.5 Å². The van der Waals surface area contributed by atoms with E-state index in [0.717, 1.165) is 27.4 Å². The number of carbonyl (C=O) groups is 1. The third-order valence-corrected chi connectivity index (χ3v) is 6.40. The molecule has 10 heteroatoms. The lowest BCUT2D eigenvalue weighted by atomic mass is 10.1. The molecule has 0 saturated heterocycles. The van der Waals surface area contributed by atoms with Crippen molar-refractivity contribution in [2.75, 3.05) is 17.2 Å². The van der Waals surface area contributed by atoms with Gasteiger partial charge in [-0.25, -0.2) is 9.50 Å². The Bertz CT molecular complexity index is 1460. The van der Waals surface area contributed by atoms with Crippen LogP contribution in [0.1, 0.15) is 24.2 Å². The summed E-state index contributed by atoms with van der Waals surface area (Å²) in [7, 11) is 0. The Morgan fingerprint density at radius 3 is 2.64 bits per heavy atom. The molecule has 3 aromatic heterocycles. The van der Waals surface area contributed by atoms with Crippen LogP contribution in [0.25, 0.3) is 5.52 Å². The maximum absolute atomic E-state index is 12.4. The Balaban J connectivity index is 1.21. The van der Waals surface area contributed by atoms with Gasteiger partial charge in [0.1, 0.15) is 5.52 Å². The van der Waals surface area contributed by atoms with Crippen molar-refractivity contribution in [1.82, 2.24) is 30.1 Å². The summed E-state index contributed by atoms with van der Waals surface area (Å²) in [5.41, 5.74) is 3.69. The van der Waals surface area contributed by atoms with Gasteiger partial charge in [-0.2, -0.15) is 5.10 Å². The predicted octanol–water partition coefficient (Wildman–Crippen LogP) is 4.94. The van der Waals surface area contributed by atoms with Gasteiger partial charge in [0.2, 0.25) is 11.1 Å². The highest BCUT2D eigenvalue weighted by Crippen LogP contribution is 2.28. The fourth-order valence-corrected chi connectivity index (χ4v) is 4.42. The van der Waals surface area contributed by atoms with E-state index in [2.05, 4.69) is 31.2 Å². The van der Waals surface area contributed by atoms with Crippen molar-refractivity contribution >= 4 is 40.5 Å². The van der Waals surface area contributed by atoms with Crippen molar-refractivity contribution in [1.29, 1.82) is 0 Å². The zero-order chi connectivity index (χ0) is 24.9. The summed E-state index contributed by atoms with van der Waals surface area (Å²) < 4.78 is 1.79. The van der Waals surface area contributed by atoms with Gasteiger partial charge in [0.15, 0.2) is 11.6 Å². The van der Waals surface area contributed by atoms with Crippen LogP contribution >= 0.6 is 11.8 Å². The lowest BCUT2D eigenvalue weighted by Gasteiger charge is -2.14. The third kappa shape index (κ3) is 5.73. The van der Waals surface area contributed by atoms with E-state index >= 15 is 0 Å². The molecule has 0 aliphatic carbocycles. The van der Waals surface area contributed by atoms with Gasteiger partial charge in [-0.15, -0.1) is 5.10 Å². The van der Waals surface area contributed by atoms with Gasteiger partial charge < -0.3 is 16.0 Å². The number of amides is 1. The van der Waals surface area contributed by atoms with Gasteiger partial charge in [0, 0.05) is 34.6 Å². The zero-order valence-corrected chi connectivity index (χ0v) is 20.7. The van der Waals surface area contributed by atoms with Crippen LogP contribution in [0.4, 0.5) is 17.3 Å². The number of carbonyl (C=O) groups excluding carboxylic acids is 1. The highest BCUT2D eigenvalue weighted by molar-refractivity contribution is 7.99. The Kier molecular flexibility index (Phi) is 6.96. The Morgan fingerprint density at radius 2 is 1.89 bits per heavy atom. The number of nitrogens with one attached hydrogen (secondary N) is 4. The second kappa shape index (κ2) is 10.6. The summed E-state index contributed by atoms with van der Waals surface area (Å²) in [6.07, 6.45) is 1.88. The first-order valence-corrected chi connectivity index (χ1v) is 12.4. The molecule has 0 spiro atoms. The zero-order valence-electron chi connectivity index (χ0n) is 19.9. The second-order valence-corrected chi connectivity index (χ2v) is 9.37. The summed E-state index contributed by atoms with van der Waals surface area (Å²) >= 11 is 1.44. The van der Waals surface area contributed by atoms with E-state index in [1.807, 2.05) is 92.8 Å². The molecular formula is C26H26N8OS. The molecule has 2 aromatic carbocycles. The molecule has 182 valence electrons. The molecule has 3 heterocycles.